The Morgan fingerprint density at radius 1 is 1.12 bits per heavy atom. The van der Waals surface area contributed by atoms with Gasteiger partial charge in [0.15, 0.2) is 0 Å². The van der Waals surface area contributed by atoms with E-state index in [4.69, 9.17) is 9.47 Å². The Hall–Kier alpha value is -2.53. The second-order valence-corrected chi connectivity index (χ2v) is 10.2. The summed E-state index contributed by atoms with van der Waals surface area (Å²) in [4.78, 5) is 15.3. The van der Waals surface area contributed by atoms with E-state index in [0.717, 1.165) is 55.8 Å². The average Bonchev–Trinajstić information content (AvgIpc) is 2.81. The molecule has 2 bridgehead atoms. The van der Waals surface area contributed by atoms with Crippen molar-refractivity contribution in [2.75, 3.05) is 26.2 Å². The van der Waals surface area contributed by atoms with Gasteiger partial charge in [-0.25, -0.2) is 4.79 Å². The third-order valence-electron chi connectivity index (χ3n) is 7.52. The lowest BCUT2D eigenvalue weighted by Gasteiger charge is -2.44. The number of nitrogens with zero attached hydrogens (tertiary/aromatic N) is 1. The third-order valence-corrected chi connectivity index (χ3v) is 7.52. The lowest BCUT2D eigenvalue weighted by atomic mass is 9.78. The molecule has 6 rings (SSSR count). The minimum atomic E-state index is -0.311. The van der Waals surface area contributed by atoms with Crippen LogP contribution in [-0.4, -0.2) is 43.3 Å². The van der Waals surface area contributed by atoms with Crippen molar-refractivity contribution in [2.24, 2.45) is 11.3 Å². The molecule has 2 atom stereocenters. The molecule has 3 fully saturated rings. The molecule has 0 aliphatic carbocycles. The highest BCUT2D eigenvalue weighted by Crippen LogP contribution is 2.44. The van der Waals surface area contributed by atoms with Crippen molar-refractivity contribution in [2.45, 2.75) is 52.2 Å². The predicted molar refractivity (Wildman–Crippen MR) is 126 cm³/mol. The van der Waals surface area contributed by atoms with Crippen molar-refractivity contribution in [1.82, 2.24) is 10.2 Å². The Labute approximate surface area is 191 Å². The van der Waals surface area contributed by atoms with Gasteiger partial charge in [0.2, 0.25) is 0 Å². The van der Waals surface area contributed by atoms with Gasteiger partial charge in [-0.3, -0.25) is 4.90 Å². The molecule has 4 aliphatic rings. The number of ether oxygens (including phenoxy) is 2. The zero-order valence-corrected chi connectivity index (χ0v) is 19.4. The molecule has 4 aliphatic heterocycles. The van der Waals surface area contributed by atoms with Gasteiger partial charge in [0.25, 0.3) is 0 Å². The number of alkyl carbamates (subject to hydrolysis) is 1. The molecule has 3 saturated heterocycles. The topological polar surface area (TPSA) is 50.8 Å². The van der Waals surface area contributed by atoms with Gasteiger partial charge in [0.1, 0.15) is 11.9 Å². The highest BCUT2D eigenvalue weighted by Gasteiger charge is 2.41. The van der Waals surface area contributed by atoms with Crippen LogP contribution >= 0.6 is 0 Å². The molecule has 2 aromatic rings. The molecule has 0 spiro atoms. The van der Waals surface area contributed by atoms with Crippen LogP contribution in [0.25, 0.3) is 11.1 Å². The van der Waals surface area contributed by atoms with Gasteiger partial charge >= 0.3 is 6.09 Å². The zero-order chi connectivity index (χ0) is 22.3. The van der Waals surface area contributed by atoms with Gasteiger partial charge < -0.3 is 14.8 Å². The number of carbonyl (C=O) groups is 1. The molecule has 5 heteroatoms. The first-order chi connectivity index (χ1) is 15.4. The standard InChI is InChI=1S/C27H34N2O3/c1-4-18-5-7-19(8-6-18)21-9-10-22-23(15-21)31-17-27(2,3)25(22)28-26(30)32-24-16-29-13-11-20(24)12-14-29/h5-10,15,20,24-25H,4,11-14,16-17H2,1-3H3,(H,28,30)/t24-,25?/m0/s1. The Morgan fingerprint density at radius 3 is 2.50 bits per heavy atom. The van der Waals surface area contributed by atoms with Crippen LogP contribution in [0.1, 0.15) is 50.8 Å². The second-order valence-electron chi connectivity index (χ2n) is 10.2. The maximum atomic E-state index is 12.9. The van der Waals surface area contributed by atoms with E-state index in [1.807, 2.05) is 0 Å². The van der Waals surface area contributed by atoms with Crippen LogP contribution in [0.15, 0.2) is 42.5 Å². The van der Waals surface area contributed by atoms with Crippen LogP contribution in [0, 0.1) is 11.3 Å². The fraction of sp³-hybridized carbons (Fsp3) is 0.519. The Bertz CT molecular complexity index is 977. The molecule has 1 unspecified atom stereocenters. The summed E-state index contributed by atoms with van der Waals surface area (Å²) < 4.78 is 12.1. The number of carbonyl (C=O) groups excluding carboxylic acids is 1. The van der Waals surface area contributed by atoms with E-state index >= 15 is 0 Å². The summed E-state index contributed by atoms with van der Waals surface area (Å²) in [6.07, 6.45) is 2.99. The van der Waals surface area contributed by atoms with Crippen LogP contribution in [0.2, 0.25) is 0 Å². The molecule has 1 N–H and O–H groups in total. The van der Waals surface area contributed by atoms with Crippen molar-refractivity contribution in [3.05, 3.63) is 53.6 Å². The van der Waals surface area contributed by atoms with Gasteiger partial charge in [0.05, 0.1) is 12.6 Å². The third kappa shape index (κ3) is 4.11. The number of fused-ring (bicyclic) bond motifs is 4. The summed E-state index contributed by atoms with van der Waals surface area (Å²) in [5, 5.41) is 3.19. The SMILES string of the molecule is CCc1ccc(-c2ccc3c(c2)OCC(C)(C)C3NC(=O)O[C@H]2CN3CCC2CC3)cc1. The van der Waals surface area contributed by atoms with Crippen molar-refractivity contribution in [3.8, 4) is 16.9 Å². The zero-order valence-electron chi connectivity index (χ0n) is 19.4. The lowest BCUT2D eigenvalue weighted by molar-refractivity contribution is -0.0361. The van der Waals surface area contributed by atoms with Crippen LogP contribution in [-0.2, 0) is 11.2 Å². The number of aryl methyl sites for hydroxylation is 1. The molecule has 0 radical (unpaired) electrons. The summed E-state index contributed by atoms with van der Waals surface area (Å²) in [6, 6.07) is 14.8. The average molecular weight is 435 g/mol. The normalized spacial score (nSPS) is 27.8. The van der Waals surface area contributed by atoms with E-state index in [0.29, 0.717) is 12.5 Å². The molecular formula is C27H34N2O3. The van der Waals surface area contributed by atoms with E-state index in [9.17, 15) is 4.79 Å². The molecular weight excluding hydrogens is 400 g/mol. The number of nitrogens with one attached hydrogen (secondary N) is 1. The number of benzene rings is 2. The number of hydrogen-bond acceptors (Lipinski definition) is 4. The van der Waals surface area contributed by atoms with Crippen molar-refractivity contribution >= 4 is 6.09 Å². The van der Waals surface area contributed by atoms with Gasteiger partial charge in [0, 0.05) is 17.5 Å². The maximum absolute atomic E-state index is 12.9. The summed E-state index contributed by atoms with van der Waals surface area (Å²) in [5.41, 5.74) is 4.41. The molecule has 2 aromatic carbocycles. The van der Waals surface area contributed by atoms with Gasteiger partial charge in [-0.05, 0) is 61.0 Å². The van der Waals surface area contributed by atoms with Crippen LogP contribution in [0.4, 0.5) is 4.79 Å². The minimum absolute atomic E-state index is 0.00777. The molecule has 4 heterocycles. The lowest BCUT2D eigenvalue weighted by Crippen LogP contribution is -2.53. The predicted octanol–water partition coefficient (Wildman–Crippen LogP) is 5.20. The molecule has 170 valence electrons. The summed E-state index contributed by atoms with van der Waals surface area (Å²) in [6.45, 7) is 10.1. The quantitative estimate of drug-likeness (QED) is 0.719. The molecule has 5 nitrogen and oxygen atoms in total. The Kier molecular flexibility index (Phi) is 5.62. The number of piperidine rings is 3. The van der Waals surface area contributed by atoms with E-state index in [2.05, 4.69) is 73.5 Å². The first-order valence-electron chi connectivity index (χ1n) is 12.0. The summed E-state index contributed by atoms with van der Waals surface area (Å²) >= 11 is 0. The summed E-state index contributed by atoms with van der Waals surface area (Å²) in [5.74, 6) is 1.34. The first-order valence-corrected chi connectivity index (χ1v) is 12.0. The van der Waals surface area contributed by atoms with Gasteiger partial charge in [-0.15, -0.1) is 0 Å². The molecule has 32 heavy (non-hydrogen) atoms. The minimum Gasteiger partial charge on any atom is -0.493 e. The van der Waals surface area contributed by atoms with Crippen molar-refractivity contribution in [3.63, 3.8) is 0 Å². The smallest absolute Gasteiger partial charge is 0.407 e. The van der Waals surface area contributed by atoms with Crippen molar-refractivity contribution in [1.29, 1.82) is 0 Å². The summed E-state index contributed by atoms with van der Waals surface area (Å²) in [7, 11) is 0. The molecule has 1 amide bonds. The van der Waals surface area contributed by atoms with Gasteiger partial charge in [-0.1, -0.05) is 57.2 Å². The Balaban J connectivity index is 1.34. The first kappa shape index (κ1) is 21.3. The highest BCUT2D eigenvalue weighted by molar-refractivity contribution is 5.70. The van der Waals surface area contributed by atoms with Crippen LogP contribution in [0.5, 0.6) is 5.75 Å². The molecule has 0 aromatic heterocycles. The second kappa shape index (κ2) is 8.43. The fourth-order valence-electron chi connectivity index (χ4n) is 5.39. The van der Waals surface area contributed by atoms with E-state index < -0.39 is 0 Å². The largest absolute Gasteiger partial charge is 0.493 e. The fourth-order valence-corrected chi connectivity index (χ4v) is 5.39. The monoisotopic (exact) mass is 434 g/mol. The molecule has 0 saturated carbocycles. The van der Waals surface area contributed by atoms with Crippen LogP contribution in [0.3, 0.4) is 0 Å². The van der Waals surface area contributed by atoms with E-state index in [1.165, 1.54) is 11.1 Å². The van der Waals surface area contributed by atoms with Crippen LogP contribution < -0.4 is 10.1 Å². The Morgan fingerprint density at radius 2 is 1.84 bits per heavy atom. The van der Waals surface area contributed by atoms with Crippen molar-refractivity contribution < 1.29 is 14.3 Å². The number of hydrogen-bond donors (Lipinski definition) is 1. The highest BCUT2D eigenvalue weighted by atomic mass is 16.6. The number of amides is 1. The van der Waals surface area contributed by atoms with E-state index in [1.54, 1.807) is 0 Å². The maximum Gasteiger partial charge on any atom is 0.407 e. The van der Waals surface area contributed by atoms with E-state index in [-0.39, 0.29) is 23.7 Å². The van der Waals surface area contributed by atoms with Gasteiger partial charge in [-0.2, -0.15) is 0 Å². The number of rotatable bonds is 4.